The highest BCUT2D eigenvalue weighted by Gasteiger charge is 2.32. The van der Waals surface area contributed by atoms with Gasteiger partial charge in [-0.15, -0.1) is 0 Å². The zero-order chi connectivity index (χ0) is 13.7. The SMILES string of the molecule is CC1(NC(=O)NC=O)CCN(c2ncccn2)CC1. The molecular formula is C12H17N5O2. The van der Waals surface area contributed by atoms with Gasteiger partial charge in [-0.1, -0.05) is 0 Å². The maximum atomic E-state index is 11.4. The van der Waals surface area contributed by atoms with Gasteiger partial charge in [-0.3, -0.25) is 10.1 Å². The Morgan fingerprint density at radius 1 is 1.37 bits per heavy atom. The highest BCUT2D eigenvalue weighted by molar-refractivity contribution is 5.84. The smallest absolute Gasteiger partial charge is 0.321 e. The third kappa shape index (κ3) is 3.40. The van der Waals surface area contributed by atoms with Crippen LogP contribution < -0.4 is 15.5 Å². The van der Waals surface area contributed by atoms with Crippen LogP contribution in [-0.4, -0.2) is 41.0 Å². The zero-order valence-corrected chi connectivity index (χ0v) is 10.8. The van der Waals surface area contributed by atoms with Crippen LogP contribution in [-0.2, 0) is 4.79 Å². The molecule has 1 saturated heterocycles. The topological polar surface area (TPSA) is 87.2 Å². The molecule has 0 aromatic carbocycles. The molecule has 0 radical (unpaired) electrons. The maximum absolute atomic E-state index is 11.4. The number of hydrogen-bond donors (Lipinski definition) is 2. The van der Waals surface area contributed by atoms with Crippen molar-refractivity contribution in [1.82, 2.24) is 20.6 Å². The minimum Gasteiger partial charge on any atom is -0.341 e. The summed E-state index contributed by atoms with van der Waals surface area (Å²) in [5.74, 6) is 0.710. The Kier molecular flexibility index (Phi) is 3.94. The third-order valence-electron chi connectivity index (χ3n) is 3.31. The van der Waals surface area contributed by atoms with Crippen molar-refractivity contribution in [3.63, 3.8) is 0 Å². The van der Waals surface area contributed by atoms with Crippen LogP contribution in [0, 0.1) is 0 Å². The Hall–Kier alpha value is -2.18. The molecule has 0 unspecified atom stereocenters. The highest BCUT2D eigenvalue weighted by atomic mass is 16.2. The largest absolute Gasteiger partial charge is 0.341 e. The van der Waals surface area contributed by atoms with Gasteiger partial charge in [-0.25, -0.2) is 14.8 Å². The molecule has 0 bridgehead atoms. The number of carbonyl (C=O) groups is 2. The van der Waals surface area contributed by atoms with E-state index in [0.717, 1.165) is 25.9 Å². The van der Waals surface area contributed by atoms with Gasteiger partial charge in [0.1, 0.15) is 0 Å². The van der Waals surface area contributed by atoms with E-state index in [1.807, 2.05) is 6.92 Å². The van der Waals surface area contributed by atoms with Gasteiger partial charge >= 0.3 is 6.03 Å². The first kappa shape index (κ1) is 13.3. The monoisotopic (exact) mass is 263 g/mol. The molecule has 2 rings (SSSR count). The number of nitrogens with one attached hydrogen (secondary N) is 2. The van der Waals surface area contributed by atoms with E-state index in [-0.39, 0.29) is 5.54 Å². The van der Waals surface area contributed by atoms with Crippen LogP contribution >= 0.6 is 0 Å². The summed E-state index contributed by atoms with van der Waals surface area (Å²) in [6, 6.07) is 1.32. The molecule has 1 aromatic heterocycles. The minimum absolute atomic E-state index is 0.307. The van der Waals surface area contributed by atoms with Crippen LogP contribution in [0.25, 0.3) is 0 Å². The number of imide groups is 1. The van der Waals surface area contributed by atoms with Gasteiger partial charge < -0.3 is 10.2 Å². The molecule has 3 amide bonds. The Morgan fingerprint density at radius 2 is 2.00 bits per heavy atom. The fourth-order valence-electron chi connectivity index (χ4n) is 2.14. The van der Waals surface area contributed by atoms with Gasteiger partial charge in [0.2, 0.25) is 12.4 Å². The van der Waals surface area contributed by atoms with Crippen LogP contribution in [0.4, 0.5) is 10.7 Å². The van der Waals surface area contributed by atoms with E-state index in [2.05, 4.69) is 25.5 Å². The lowest BCUT2D eigenvalue weighted by Crippen LogP contribution is -2.55. The molecule has 1 fully saturated rings. The van der Waals surface area contributed by atoms with Crippen LogP contribution in [0.3, 0.4) is 0 Å². The first-order valence-electron chi connectivity index (χ1n) is 6.17. The Balaban J connectivity index is 1.91. The van der Waals surface area contributed by atoms with E-state index < -0.39 is 6.03 Å². The summed E-state index contributed by atoms with van der Waals surface area (Å²) in [6.45, 7) is 3.50. The fraction of sp³-hybridized carbons (Fsp3) is 0.500. The van der Waals surface area contributed by atoms with Crippen molar-refractivity contribution >= 4 is 18.4 Å². The summed E-state index contributed by atoms with van der Waals surface area (Å²) < 4.78 is 0. The fourth-order valence-corrected chi connectivity index (χ4v) is 2.14. The Labute approximate surface area is 111 Å². The molecule has 1 aliphatic rings. The van der Waals surface area contributed by atoms with Gasteiger partial charge in [-0.2, -0.15) is 0 Å². The predicted octanol–water partition coefficient (Wildman–Crippen LogP) is 0.291. The molecule has 0 saturated carbocycles. The molecule has 7 heteroatoms. The number of aromatic nitrogens is 2. The lowest BCUT2D eigenvalue weighted by Gasteiger charge is -2.39. The van der Waals surface area contributed by atoms with Crippen molar-refractivity contribution < 1.29 is 9.59 Å². The van der Waals surface area contributed by atoms with Gasteiger partial charge in [-0.05, 0) is 25.8 Å². The van der Waals surface area contributed by atoms with Gasteiger partial charge in [0, 0.05) is 31.0 Å². The van der Waals surface area contributed by atoms with E-state index >= 15 is 0 Å². The average Bonchev–Trinajstić information content (AvgIpc) is 2.40. The Bertz CT molecular complexity index is 443. The van der Waals surface area contributed by atoms with E-state index in [9.17, 15) is 9.59 Å². The predicted molar refractivity (Wildman–Crippen MR) is 69.6 cm³/mol. The van der Waals surface area contributed by atoms with Crippen molar-refractivity contribution in [3.05, 3.63) is 18.5 Å². The standard InChI is InChI=1S/C12H17N5O2/c1-12(16-11(19)15-9-18)3-7-17(8-4-12)10-13-5-2-6-14-10/h2,5-6,9H,3-4,7-8H2,1H3,(H2,15,16,18,19). The summed E-state index contributed by atoms with van der Waals surface area (Å²) in [4.78, 5) is 32.1. The first-order chi connectivity index (χ1) is 9.13. The molecule has 1 aliphatic heterocycles. The van der Waals surface area contributed by atoms with Crippen molar-refractivity contribution in [2.24, 2.45) is 0 Å². The number of rotatable bonds is 3. The minimum atomic E-state index is -0.457. The van der Waals surface area contributed by atoms with E-state index in [4.69, 9.17) is 0 Å². The van der Waals surface area contributed by atoms with Crippen LogP contribution in [0.5, 0.6) is 0 Å². The normalized spacial score (nSPS) is 17.6. The number of piperidine rings is 1. The number of carbonyl (C=O) groups excluding carboxylic acids is 2. The molecule has 0 atom stereocenters. The van der Waals surface area contributed by atoms with Gasteiger partial charge in [0.25, 0.3) is 0 Å². The van der Waals surface area contributed by atoms with Crippen LogP contribution in [0.15, 0.2) is 18.5 Å². The third-order valence-corrected chi connectivity index (χ3v) is 3.31. The molecular weight excluding hydrogens is 246 g/mol. The molecule has 1 aromatic rings. The maximum Gasteiger partial charge on any atom is 0.321 e. The second kappa shape index (κ2) is 5.64. The molecule has 0 aliphatic carbocycles. The van der Waals surface area contributed by atoms with E-state index in [1.54, 1.807) is 18.5 Å². The number of urea groups is 1. The first-order valence-corrected chi connectivity index (χ1v) is 6.17. The quantitative estimate of drug-likeness (QED) is 0.765. The van der Waals surface area contributed by atoms with Gasteiger partial charge in [0.15, 0.2) is 0 Å². The molecule has 2 heterocycles. The van der Waals surface area contributed by atoms with Gasteiger partial charge in [0.05, 0.1) is 0 Å². The summed E-state index contributed by atoms with van der Waals surface area (Å²) in [5.41, 5.74) is -0.307. The van der Waals surface area contributed by atoms with Crippen molar-refractivity contribution in [2.45, 2.75) is 25.3 Å². The lowest BCUT2D eigenvalue weighted by atomic mass is 9.90. The molecule has 7 nitrogen and oxygen atoms in total. The molecule has 19 heavy (non-hydrogen) atoms. The molecule has 102 valence electrons. The van der Waals surface area contributed by atoms with E-state index in [1.165, 1.54) is 0 Å². The lowest BCUT2D eigenvalue weighted by molar-refractivity contribution is -0.108. The Morgan fingerprint density at radius 3 is 2.58 bits per heavy atom. The van der Waals surface area contributed by atoms with Crippen LogP contribution in [0.2, 0.25) is 0 Å². The summed E-state index contributed by atoms with van der Waals surface area (Å²) in [7, 11) is 0. The summed E-state index contributed by atoms with van der Waals surface area (Å²) in [6.07, 6.45) is 5.36. The van der Waals surface area contributed by atoms with Crippen molar-refractivity contribution in [3.8, 4) is 0 Å². The number of anilines is 1. The van der Waals surface area contributed by atoms with Crippen molar-refractivity contribution in [2.75, 3.05) is 18.0 Å². The van der Waals surface area contributed by atoms with Crippen molar-refractivity contribution in [1.29, 1.82) is 0 Å². The zero-order valence-electron chi connectivity index (χ0n) is 10.8. The number of amides is 3. The molecule has 2 N–H and O–H groups in total. The molecule has 0 spiro atoms. The highest BCUT2D eigenvalue weighted by Crippen LogP contribution is 2.23. The number of nitrogens with zero attached hydrogens (tertiary/aromatic N) is 3. The second-order valence-electron chi connectivity index (χ2n) is 4.81. The van der Waals surface area contributed by atoms with E-state index in [0.29, 0.717) is 12.4 Å². The average molecular weight is 263 g/mol. The summed E-state index contributed by atoms with van der Waals surface area (Å²) in [5, 5.41) is 4.91. The van der Waals surface area contributed by atoms with Crippen LogP contribution in [0.1, 0.15) is 19.8 Å². The number of hydrogen-bond acceptors (Lipinski definition) is 5. The second-order valence-corrected chi connectivity index (χ2v) is 4.81. The summed E-state index contributed by atoms with van der Waals surface area (Å²) >= 11 is 0.